The number of H-pyrrole nitrogens is 1. The van der Waals surface area contributed by atoms with Crippen LogP contribution in [0.2, 0.25) is 0 Å². The fourth-order valence-electron chi connectivity index (χ4n) is 1.98. The van der Waals surface area contributed by atoms with E-state index in [0.29, 0.717) is 13.1 Å². The highest BCUT2D eigenvalue weighted by atomic mass is 16.4. The molecule has 2 N–H and O–H groups in total. The fourth-order valence-corrected chi connectivity index (χ4v) is 1.98. The van der Waals surface area contributed by atoms with E-state index >= 15 is 0 Å². The first-order chi connectivity index (χ1) is 7.68. The first-order valence-corrected chi connectivity index (χ1v) is 5.39. The van der Waals surface area contributed by atoms with Crippen LogP contribution >= 0.6 is 0 Å². The van der Waals surface area contributed by atoms with Gasteiger partial charge in [-0.1, -0.05) is 0 Å². The molecular formula is C10H16N4O2. The molecule has 1 fully saturated rings. The molecule has 1 aliphatic heterocycles. The van der Waals surface area contributed by atoms with Gasteiger partial charge in [0.15, 0.2) is 0 Å². The zero-order valence-corrected chi connectivity index (χ0v) is 9.26. The summed E-state index contributed by atoms with van der Waals surface area (Å²) in [5, 5.41) is 8.84. The molecule has 1 unspecified atom stereocenters. The van der Waals surface area contributed by atoms with Crippen LogP contribution in [-0.4, -0.2) is 57.1 Å². The number of nitrogens with one attached hydrogen (secondary N) is 1. The molecule has 0 bridgehead atoms. The molecular weight excluding hydrogens is 208 g/mol. The largest absolute Gasteiger partial charge is 0.465 e. The summed E-state index contributed by atoms with van der Waals surface area (Å²) in [6.45, 7) is 4.73. The molecule has 0 aliphatic carbocycles. The van der Waals surface area contributed by atoms with Crippen molar-refractivity contribution in [3.8, 4) is 0 Å². The van der Waals surface area contributed by atoms with Crippen molar-refractivity contribution in [3.05, 3.63) is 18.2 Å². The first-order valence-electron chi connectivity index (χ1n) is 5.39. The van der Waals surface area contributed by atoms with E-state index in [2.05, 4.69) is 21.8 Å². The van der Waals surface area contributed by atoms with E-state index in [-0.39, 0.29) is 6.04 Å². The second kappa shape index (κ2) is 4.52. The Kier molecular flexibility index (Phi) is 3.09. The number of aromatic amines is 1. The van der Waals surface area contributed by atoms with Crippen molar-refractivity contribution in [2.24, 2.45) is 0 Å². The SMILES string of the molecule is CC(c1ncc[nH]1)N1CCN(C(=O)O)CC1. The quantitative estimate of drug-likeness (QED) is 0.778. The van der Waals surface area contributed by atoms with Crippen LogP contribution in [0.15, 0.2) is 12.4 Å². The normalized spacial score (nSPS) is 19.7. The van der Waals surface area contributed by atoms with Gasteiger partial charge in [0, 0.05) is 38.6 Å². The van der Waals surface area contributed by atoms with E-state index in [0.717, 1.165) is 18.9 Å². The van der Waals surface area contributed by atoms with Crippen LogP contribution in [0.5, 0.6) is 0 Å². The van der Waals surface area contributed by atoms with Crippen LogP contribution in [0.1, 0.15) is 18.8 Å². The minimum absolute atomic E-state index is 0.214. The highest BCUT2D eigenvalue weighted by molar-refractivity contribution is 5.65. The number of hydrogen-bond acceptors (Lipinski definition) is 3. The summed E-state index contributed by atoms with van der Waals surface area (Å²) in [7, 11) is 0. The maximum Gasteiger partial charge on any atom is 0.407 e. The average Bonchev–Trinajstić information content (AvgIpc) is 2.81. The third kappa shape index (κ3) is 2.16. The van der Waals surface area contributed by atoms with Gasteiger partial charge < -0.3 is 15.0 Å². The zero-order chi connectivity index (χ0) is 11.5. The summed E-state index contributed by atoms with van der Waals surface area (Å²) in [5.74, 6) is 0.934. The van der Waals surface area contributed by atoms with Crippen molar-refractivity contribution in [2.45, 2.75) is 13.0 Å². The summed E-state index contributed by atoms with van der Waals surface area (Å²) in [5.41, 5.74) is 0. The maximum absolute atomic E-state index is 10.7. The predicted octanol–water partition coefficient (Wildman–Crippen LogP) is 0.766. The summed E-state index contributed by atoms with van der Waals surface area (Å²) in [6.07, 6.45) is 2.71. The van der Waals surface area contributed by atoms with Crippen molar-refractivity contribution in [2.75, 3.05) is 26.2 Å². The predicted molar refractivity (Wildman–Crippen MR) is 58.2 cm³/mol. The van der Waals surface area contributed by atoms with Gasteiger partial charge in [-0.3, -0.25) is 4.90 Å². The monoisotopic (exact) mass is 224 g/mol. The second-order valence-electron chi connectivity index (χ2n) is 3.96. The molecule has 1 atom stereocenters. The Morgan fingerprint density at radius 1 is 1.50 bits per heavy atom. The Balaban J connectivity index is 1.92. The Morgan fingerprint density at radius 2 is 2.19 bits per heavy atom. The number of nitrogens with zero attached hydrogens (tertiary/aromatic N) is 3. The van der Waals surface area contributed by atoms with Gasteiger partial charge in [-0.25, -0.2) is 9.78 Å². The van der Waals surface area contributed by atoms with Gasteiger partial charge in [0.25, 0.3) is 0 Å². The minimum Gasteiger partial charge on any atom is -0.465 e. The van der Waals surface area contributed by atoms with Crippen molar-refractivity contribution in [1.29, 1.82) is 0 Å². The lowest BCUT2D eigenvalue weighted by Crippen LogP contribution is -2.48. The lowest BCUT2D eigenvalue weighted by molar-refractivity contribution is 0.0871. The number of hydrogen-bond donors (Lipinski definition) is 2. The Bertz CT molecular complexity index is 344. The number of carboxylic acid groups (broad SMARTS) is 1. The topological polar surface area (TPSA) is 72.5 Å². The van der Waals surface area contributed by atoms with Crippen molar-refractivity contribution < 1.29 is 9.90 Å². The molecule has 88 valence electrons. The molecule has 2 heterocycles. The van der Waals surface area contributed by atoms with E-state index in [1.807, 2.05) is 0 Å². The Labute approximate surface area is 93.9 Å². The maximum atomic E-state index is 10.7. The molecule has 1 aliphatic rings. The van der Waals surface area contributed by atoms with Crippen LogP contribution in [-0.2, 0) is 0 Å². The lowest BCUT2D eigenvalue weighted by atomic mass is 10.2. The summed E-state index contributed by atoms with van der Waals surface area (Å²) in [4.78, 5) is 21.7. The third-order valence-electron chi connectivity index (χ3n) is 3.05. The van der Waals surface area contributed by atoms with Crippen LogP contribution in [0.25, 0.3) is 0 Å². The van der Waals surface area contributed by atoms with Gasteiger partial charge in [0.1, 0.15) is 5.82 Å². The van der Waals surface area contributed by atoms with Crippen molar-refractivity contribution in [3.63, 3.8) is 0 Å². The number of rotatable bonds is 2. The van der Waals surface area contributed by atoms with Crippen LogP contribution in [0.3, 0.4) is 0 Å². The van der Waals surface area contributed by atoms with E-state index in [1.165, 1.54) is 4.90 Å². The molecule has 1 aromatic rings. The lowest BCUT2D eigenvalue weighted by Gasteiger charge is -2.36. The highest BCUT2D eigenvalue weighted by Gasteiger charge is 2.25. The van der Waals surface area contributed by atoms with Gasteiger partial charge >= 0.3 is 6.09 Å². The summed E-state index contributed by atoms with van der Waals surface area (Å²) < 4.78 is 0. The molecule has 16 heavy (non-hydrogen) atoms. The van der Waals surface area contributed by atoms with Gasteiger partial charge in [-0.15, -0.1) is 0 Å². The number of imidazole rings is 1. The summed E-state index contributed by atoms with van der Waals surface area (Å²) >= 11 is 0. The smallest absolute Gasteiger partial charge is 0.407 e. The van der Waals surface area contributed by atoms with Gasteiger partial charge in [-0.05, 0) is 6.92 Å². The highest BCUT2D eigenvalue weighted by Crippen LogP contribution is 2.17. The molecule has 6 nitrogen and oxygen atoms in total. The number of carbonyl (C=O) groups is 1. The zero-order valence-electron chi connectivity index (χ0n) is 9.26. The summed E-state index contributed by atoms with van der Waals surface area (Å²) in [6, 6.07) is 0.214. The molecule has 0 saturated carbocycles. The van der Waals surface area contributed by atoms with E-state index in [1.54, 1.807) is 12.4 Å². The number of aromatic nitrogens is 2. The molecule has 2 rings (SSSR count). The standard InChI is InChI=1S/C10H16N4O2/c1-8(9-11-2-3-12-9)13-4-6-14(7-5-13)10(15)16/h2-3,8H,4-7H2,1H3,(H,11,12)(H,15,16). The van der Waals surface area contributed by atoms with Crippen molar-refractivity contribution in [1.82, 2.24) is 19.8 Å². The molecule has 1 aromatic heterocycles. The molecule has 0 radical (unpaired) electrons. The van der Waals surface area contributed by atoms with Gasteiger partial charge in [0.2, 0.25) is 0 Å². The van der Waals surface area contributed by atoms with Crippen molar-refractivity contribution >= 4 is 6.09 Å². The van der Waals surface area contributed by atoms with E-state index in [4.69, 9.17) is 5.11 Å². The molecule has 1 saturated heterocycles. The Hall–Kier alpha value is -1.56. The number of amides is 1. The van der Waals surface area contributed by atoms with Crippen LogP contribution in [0, 0.1) is 0 Å². The fraction of sp³-hybridized carbons (Fsp3) is 0.600. The van der Waals surface area contributed by atoms with Crippen LogP contribution < -0.4 is 0 Å². The van der Waals surface area contributed by atoms with Gasteiger partial charge in [-0.2, -0.15) is 0 Å². The van der Waals surface area contributed by atoms with E-state index in [9.17, 15) is 4.79 Å². The van der Waals surface area contributed by atoms with E-state index < -0.39 is 6.09 Å². The molecule has 0 aromatic carbocycles. The third-order valence-corrected chi connectivity index (χ3v) is 3.05. The average molecular weight is 224 g/mol. The van der Waals surface area contributed by atoms with Crippen LogP contribution in [0.4, 0.5) is 4.79 Å². The molecule has 1 amide bonds. The second-order valence-corrected chi connectivity index (χ2v) is 3.96. The van der Waals surface area contributed by atoms with Gasteiger partial charge in [0.05, 0.1) is 6.04 Å². The molecule has 6 heteroatoms. The number of piperazine rings is 1. The minimum atomic E-state index is -0.828. The first kappa shape index (κ1) is 10.9. The molecule has 0 spiro atoms. The Morgan fingerprint density at radius 3 is 2.69 bits per heavy atom.